The lowest BCUT2D eigenvalue weighted by Crippen LogP contribution is -2.59. The van der Waals surface area contributed by atoms with Crippen LogP contribution in [0.25, 0.3) is 0 Å². The van der Waals surface area contributed by atoms with Gasteiger partial charge in [0.25, 0.3) is 5.91 Å². The van der Waals surface area contributed by atoms with Gasteiger partial charge in [-0.1, -0.05) is 0 Å². The number of likely N-dealkylation sites (tertiary alicyclic amines) is 1. The quantitative estimate of drug-likeness (QED) is 0.587. The molecule has 4 amide bonds. The van der Waals surface area contributed by atoms with Crippen molar-refractivity contribution in [3.05, 3.63) is 0 Å². The number of amides is 4. The summed E-state index contributed by atoms with van der Waals surface area (Å²) in [5, 5.41) is 5.55. The lowest BCUT2D eigenvalue weighted by Gasteiger charge is -2.32. The van der Waals surface area contributed by atoms with E-state index < -0.39 is 17.9 Å². The molecule has 0 saturated carbocycles. The number of carbonyl (C=O) groups excluding carboxylic acids is 4. The molecule has 0 spiro atoms. The summed E-state index contributed by atoms with van der Waals surface area (Å²) < 4.78 is 0. The minimum Gasteiger partial charge on any atom is -0.345 e. The fourth-order valence-electron chi connectivity index (χ4n) is 3.32. The van der Waals surface area contributed by atoms with Crippen LogP contribution in [0.15, 0.2) is 0 Å². The van der Waals surface area contributed by atoms with Crippen LogP contribution in [0.1, 0.15) is 25.7 Å². The van der Waals surface area contributed by atoms with E-state index in [-0.39, 0.29) is 30.9 Å². The summed E-state index contributed by atoms with van der Waals surface area (Å²) in [6.45, 7) is 0.933. The summed E-state index contributed by atoms with van der Waals surface area (Å²) in [7, 11) is 0. The summed E-state index contributed by atoms with van der Waals surface area (Å²) in [6, 6.07) is -0.849. The van der Waals surface area contributed by atoms with Crippen LogP contribution in [0.3, 0.4) is 0 Å². The number of piperazine rings is 1. The molecule has 8 heteroatoms. The second-order valence-corrected chi connectivity index (χ2v) is 5.93. The van der Waals surface area contributed by atoms with Gasteiger partial charge in [-0.2, -0.15) is 0 Å². The number of hydrogen-bond acceptors (Lipinski definition) is 5. The molecule has 120 valence electrons. The molecule has 0 aromatic heterocycles. The number of rotatable bonds is 2. The first-order valence-corrected chi connectivity index (χ1v) is 7.72. The van der Waals surface area contributed by atoms with Gasteiger partial charge in [-0.15, -0.1) is 0 Å². The molecule has 22 heavy (non-hydrogen) atoms. The number of imide groups is 1. The molecule has 3 aliphatic rings. The van der Waals surface area contributed by atoms with Gasteiger partial charge in [0.1, 0.15) is 12.6 Å². The smallest absolute Gasteiger partial charge is 0.252 e. The molecule has 3 heterocycles. The Morgan fingerprint density at radius 1 is 1.09 bits per heavy atom. The lowest BCUT2D eigenvalue weighted by atomic mass is 10.1. The molecule has 0 aliphatic carbocycles. The molecule has 0 radical (unpaired) electrons. The van der Waals surface area contributed by atoms with Crippen molar-refractivity contribution in [3.8, 4) is 0 Å². The first-order chi connectivity index (χ1) is 10.6. The minimum atomic E-state index is -0.621. The Morgan fingerprint density at radius 2 is 1.91 bits per heavy atom. The maximum absolute atomic E-state index is 12.6. The largest absolute Gasteiger partial charge is 0.345 e. The number of nitrogens with zero attached hydrogens (tertiary/aromatic N) is 2. The molecule has 0 aromatic rings. The summed E-state index contributed by atoms with van der Waals surface area (Å²) in [5.74, 6) is -1.25. The van der Waals surface area contributed by atoms with Crippen LogP contribution in [0.2, 0.25) is 0 Å². The van der Waals surface area contributed by atoms with Crippen molar-refractivity contribution in [2.24, 2.45) is 0 Å². The number of nitrogens with one attached hydrogen (secondary N) is 2. The zero-order valence-electron chi connectivity index (χ0n) is 12.3. The zero-order chi connectivity index (χ0) is 15.7. The van der Waals surface area contributed by atoms with Gasteiger partial charge in [0.2, 0.25) is 17.7 Å². The molecule has 0 bridgehead atoms. The van der Waals surface area contributed by atoms with Gasteiger partial charge in [0.05, 0.1) is 12.6 Å². The summed E-state index contributed by atoms with van der Waals surface area (Å²) in [4.78, 5) is 50.9. The van der Waals surface area contributed by atoms with E-state index in [1.807, 2.05) is 0 Å². The van der Waals surface area contributed by atoms with Crippen LogP contribution in [0.5, 0.6) is 0 Å². The Bertz CT molecular complexity index is 515. The molecule has 0 aromatic carbocycles. The second-order valence-electron chi connectivity index (χ2n) is 5.93. The monoisotopic (exact) mass is 308 g/mol. The molecule has 3 aliphatic heterocycles. The summed E-state index contributed by atoms with van der Waals surface area (Å²) in [6.07, 6.45) is 3.01. The second kappa shape index (κ2) is 6.04. The van der Waals surface area contributed by atoms with E-state index in [2.05, 4.69) is 10.6 Å². The van der Waals surface area contributed by atoms with Gasteiger partial charge in [-0.3, -0.25) is 24.1 Å². The van der Waals surface area contributed by atoms with E-state index in [0.717, 1.165) is 30.7 Å². The van der Waals surface area contributed by atoms with Crippen molar-refractivity contribution < 1.29 is 19.2 Å². The maximum Gasteiger partial charge on any atom is 0.252 e. The zero-order valence-corrected chi connectivity index (χ0v) is 12.3. The molecule has 3 saturated heterocycles. The number of hydrogen-bond donors (Lipinski definition) is 2. The fraction of sp³-hybridized carbons (Fsp3) is 0.714. The van der Waals surface area contributed by atoms with Gasteiger partial charge in [-0.05, 0) is 32.2 Å². The predicted molar refractivity (Wildman–Crippen MR) is 75.5 cm³/mol. The van der Waals surface area contributed by atoms with E-state index in [0.29, 0.717) is 13.0 Å². The third-order valence-corrected chi connectivity index (χ3v) is 4.48. The van der Waals surface area contributed by atoms with Gasteiger partial charge in [0, 0.05) is 6.54 Å². The minimum absolute atomic E-state index is 0.0674. The predicted octanol–water partition coefficient (Wildman–Crippen LogP) is -1.79. The van der Waals surface area contributed by atoms with E-state index >= 15 is 0 Å². The maximum atomic E-state index is 12.6. The molecular formula is C14H20N4O4. The van der Waals surface area contributed by atoms with Crippen LogP contribution < -0.4 is 10.6 Å². The Hall–Kier alpha value is -1.96. The van der Waals surface area contributed by atoms with Crippen molar-refractivity contribution in [2.45, 2.75) is 37.8 Å². The average Bonchev–Trinajstić information content (AvgIpc) is 3.19. The number of carbonyl (C=O) groups is 4. The first kappa shape index (κ1) is 15.0. The van der Waals surface area contributed by atoms with E-state index in [1.165, 1.54) is 0 Å². The molecular weight excluding hydrogens is 288 g/mol. The van der Waals surface area contributed by atoms with E-state index in [1.54, 1.807) is 4.90 Å². The Morgan fingerprint density at radius 3 is 2.64 bits per heavy atom. The summed E-state index contributed by atoms with van der Waals surface area (Å²) >= 11 is 0. The fourth-order valence-corrected chi connectivity index (χ4v) is 3.32. The van der Waals surface area contributed by atoms with Crippen molar-refractivity contribution in [3.63, 3.8) is 0 Å². The molecule has 0 unspecified atom stereocenters. The average molecular weight is 308 g/mol. The van der Waals surface area contributed by atoms with Gasteiger partial charge < -0.3 is 15.5 Å². The molecule has 3 fully saturated rings. The highest BCUT2D eigenvalue weighted by Gasteiger charge is 2.42. The van der Waals surface area contributed by atoms with Crippen molar-refractivity contribution in [1.82, 2.24) is 20.4 Å². The molecule has 8 nitrogen and oxygen atoms in total. The third kappa shape index (κ3) is 2.70. The van der Waals surface area contributed by atoms with Gasteiger partial charge in [-0.25, -0.2) is 0 Å². The first-order valence-electron chi connectivity index (χ1n) is 7.72. The van der Waals surface area contributed by atoms with Crippen molar-refractivity contribution in [1.29, 1.82) is 0 Å². The Balaban J connectivity index is 1.71. The van der Waals surface area contributed by atoms with Gasteiger partial charge >= 0.3 is 0 Å². The normalized spacial score (nSPS) is 28.9. The highest BCUT2D eigenvalue weighted by molar-refractivity contribution is 6.06. The van der Waals surface area contributed by atoms with Crippen LogP contribution in [-0.4, -0.2) is 71.7 Å². The van der Waals surface area contributed by atoms with Crippen LogP contribution in [0.4, 0.5) is 0 Å². The molecule has 3 rings (SSSR count). The summed E-state index contributed by atoms with van der Waals surface area (Å²) in [5.41, 5.74) is 0. The van der Waals surface area contributed by atoms with E-state index in [9.17, 15) is 19.2 Å². The molecule has 2 N–H and O–H groups in total. The SMILES string of the molecule is O=C1CN(C(=O)[C@@H]2CCCN2C(=O)[C@H]2CCCN2)C(=O)CN1. The highest BCUT2D eigenvalue weighted by Crippen LogP contribution is 2.22. The Labute approximate surface area is 128 Å². The highest BCUT2D eigenvalue weighted by atomic mass is 16.2. The third-order valence-electron chi connectivity index (χ3n) is 4.48. The lowest BCUT2D eigenvalue weighted by molar-refractivity contribution is -0.155. The van der Waals surface area contributed by atoms with Crippen LogP contribution in [0, 0.1) is 0 Å². The van der Waals surface area contributed by atoms with Crippen molar-refractivity contribution >= 4 is 23.6 Å². The van der Waals surface area contributed by atoms with Crippen molar-refractivity contribution in [2.75, 3.05) is 26.2 Å². The standard InChI is InChI=1S/C14H20N4O4/c19-11-8-18(12(20)7-16-11)14(22)10-4-2-6-17(10)13(21)9-3-1-5-15-9/h9-10,15H,1-8H2,(H,16,19)/t9-,10+/m1/s1. The van der Waals surface area contributed by atoms with E-state index in [4.69, 9.17) is 0 Å². The van der Waals surface area contributed by atoms with Gasteiger partial charge in [0.15, 0.2) is 0 Å². The van der Waals surface area contributed by atoms with Crippen LogP contribution in [-0.2, 0) is 19.2 Å². The molecule has 2 atom stereocenters. The van der Waals surface area contributed by atoms with Crippen LogP contribution >= 0.6 is 0 Å². The Kier molecular flexibility index (Phi) is 4.10. The topological polar surface area (TPSA) is 98.8 Å².